The fourth-order valence-electron chi connectivity index (χ4n) is 2.22. The summed E-state index contributed by atoms with van der Waals surface area (Å²) in [5, 5.41) is 0.456. The lowest BCUT2D eigenvalue weighted by Gasteiger charge is -2.24. The number of aromatic nitrogens is 1. The summed E-state index contributed by atoms with van der Waals surface area (Å²) in [6, 6.07) is 11.3. The number of hydrogen-bond donors (Lipinski definition) is 0. The SMILES string of the molecule is CC1=CN(c2ccc(Cl)cc2)C(c2cccnc2)S1=O. The lowest BCUT2D eigenvalue weighted by atomic mass is 10.2. The highest BCUT2D eigenvalue weighted by molar-refractivity contribution is 7.89. The van der Waals surface area contributed by atoms with Crippen LogP contribution in [0.1, 0.15) is 17.9 Å². The fourth-order valence-corrected chi connectivity index (χ4v) is 3.70. The molecular formula is C15H13ClN2OS. The van der Waals surface area contributed by atoms with Gasteiger partial charge in [-0.15, -0.1) is 0 Å². The molecule has 0 spiro atoms. The lowest BCUT2D eigenvalue weighted by Crippen LogP contribution is -2.21. The Kier molecular flexibility index (Phi) is 3.59. The molecular weight excluding hydrogens is 292 g/mol. The molecule has 1 aromatic carbocycles. The molecule has 0 radical (unpaired) electrons. The highest BCUT2D eigenvalue weighted by Gasteiger charge is 2.32. The maximum absolute atomic E-state index is 12.5. The molecule has 2 aromatic rings. The third kappa shape index (κ3) is 2.37. The smallest absolute Gasteiger partial charge is 0.140 e. The van der Waals surface area contributed by atoms with Gasteiger partial charge in [-0.3, -0.25) is 9.19 Å². The Morgan fingerprint density at radius 2 is 2.00 bits per heavy atom. The van der Waals surface area contributed by atoms with E-state index in [2.05, 4.69) is 4.98 Å². The van der Waals surface area contributed by atoms with E-state index in [0.717, 1.165) is 16.2 Å². The van der Waals surface area contributed by atoms with Crippen LogP contribution in [0.2, 0.25) is 5.02 Å². The minimum absolute atomic E-state index is 0.232. The van der Waals surface area contributed by atoms with Crippen molar-refractivity contribution in [1.82, 2.24) is 4.98 Å². The quantitative estimate of drug-likeness (QED) is 0.844. The standard InChI is InChI=1S/C15H13ClN2OS/c1-11-10-18(14-6-4-13(16)5-7-14)15(20(11)19)12-3-2-8-17-9-12/h2-10,15H,1H3. The predicted octanol–water partition coefficient (Wildman–Crippen LogP) is 3.86. The summed E-state index contributed by atoms with van der Waals surface area (Å²) in [6.45, 7) is 1.88. The van der Waals surface area contributed by atoms with E-state index in [1.165, 1.54) is 0 Å². The summed E-state index contributed by atoms with van der Waals surface area (Å²) < 4.78 is 12.5. The second-order valence-electron chi connectivity index (χ2n) is 4.56. The molecule has 3 rings (SSSR count). The second kappa shape index (κ2) is 5.38. The molecule has 1 aromatic heterocycles. The van der Waals surface area contributed by atoms with Crippen LogP contribution in [-0.4, -0.2) is 9.19 Å². The van der Waals surface area contributed by atoms with Gasteiger partial charge in [0.05, 0.1) is 10.8 Å². The highest BCUT2D eigenvalue weighted by Crippen LogP contribution is 2.38. The Morgan fingerprint density at radius 1 is 1.25 bits per heavy atom. The molecule has 2 unspecified atom stereocenters. The largest absolute Gasteiger partial charge is 0.328 e. The first kappa shape index (κ1) is 13.3. The van der Waals surface area contributed by atoms with E-state index in [0.29, 0.717) is 5.02 Å². The number of pyridine rings is 1. The zero-order valence-corrected chi connectivity index (χ0v) is 12.4. The molecule has 0 saturated heterocycles. The van der Waals surface area contributed by atoms with Gasteiger partial charge < -0.3 is 4.90 Å². The van der Waals surface area contributed by atoms with Gasteiger partial charge in [0.15, 0.2) is 0 Å². The third-order valence-corrected chi connectivity index (χ3v) is 5.08. The van der Waals surface area contributed by atoms with Crippen LogP contribution in [0.3, 0.4) is 0 Å². The summed E-state index contributed by atoms with van der Waals surface area (Å²) in [5.41, 5.74) is 1.90. The van der Waals surface area contributed by atoms with Crippen molar-refractivity contribution < 1.29 is 4.21 Å². The molecule has 0 amide bonds. The van der Waals surface area contributed by atoms with Crippen molar-refractivity contribution in [3.05, 3.63) is 70.5 Å². The molecule has 2 atom stereocenters. The second-order valence-corrected chi connectivity index (χ2v) is 6.68. The third-order valence-electron chi connectivity index (χ3n) is 3.19. The molecule has 1 aliphatic rings. The zero-order chi connectivity index (χ0) is 14.1. The van der Waals surface area contributed by atoms with E-state index in [4.69, 9.17) is 11.6 Å². The first-order valence-electron chi connectivity index (χ1n) is 6.19. The molecule has 0 bridgehead atoms. The summed E-state index contributed by atoms with van der Waals surface area (Å²) >= 11 is 5.93. The minimum Gasteiger partial charge on any atom is -0.328 e. The summed E-state index contributed by atoms with van der Waals surface area (Å²) in [6.07, 6.45) is 5.41. The molecule has 0 saturated carbocycles. The monoisotopic (exact) mass is 304 g/mol. The Morgan fingerprint density at radius 3 is 2.65 bits per heavy atom. The molecule has 0 fully saturated rings. The van der Waals surface area contributed by atoms with E-state index in [1.807, 2.05) is 54.4 Å². The van der Waals surface area contributed by atoms with Crippen molar-refractivity contribution in [2.75, 3.05) is 4.90 Å². The van der Waals surface area contributed by atoms with Gasteiger partial charge in [-0.25, -0.2) is 0 Å². The van der Waals surface area contributed by atoms with Crippen LogP contribution in [0.25, 0.3) is 0 Å². The molecule has 2 heterocycles. The van der Waals surface area contributed by atoms with Crippen LogP contribution >= 0.6 is 11.6 Å². The van der Waals surface area contributed by atoms with Crippen molar-refractivity contribution in [2.45, 2.75) is 12.3 Å². The van der Waals surface area contributed by atoms with E-state index in [1.54, 1.807) is 12.4 Å². The van der Waals surface area contributed by atoms with Crippen molar-refractivity contribution in [3.63, 3.8) is 0 Å². The van der Waals surface area contributed by atoms with Crippen LogP contribution in [-0.2, 0) is 10.8 Å². The normalized spacial score (nSPS) is 21.9. The number of hydrogen-bond acceptors (Lipinski definition) is 3. The van der Waals surface area contributed by atoms with Gasteiger partial charge in [0.1, 0.15) is 5.37 Å². The molecule has 0 N–H and O–H groups in total. The van der Waals surface area contributed by atoms with E-state index in [-0.39, 0.29) is 5.37 Å². The maximum atomic E-state index is 12.5. The molecule has 1 aliphatic heterocycles. The van der Waals surface area contributed by atoms with Crippen molar-refractivity contribution in [1.29, 1.82) is 0 Å². The van der Waals surface area contributed by atoms with Gasteiger partial charge in [-0.1, -0.05) is 17.7 Å². The lowest BCUT2D eigenvalue weighted by molar-refractivity contribution is 0.679. The van der Waals surface area contributed by atoms with Gasteiger partial charge in [-0.2, -0.15) is 0 Å². The van der Waals surface area contributed by atoms with Crippen LogP contribution in [0.5, 0.6) is 0 Å². The topological polar surface area (TPSA) is 33.2 Å². The average molecular weight is 305 g/mol. The van der Waals surface area contributed by atoms with Crippen LogP contribution in [0.15, 0.2) is 59.9 Å². The average Bonchev–Trinajstić information content (AvgIpc) is 2.77. The van der Waals surface area contributed by atoms with Crippen LogP contribution in [0, 0.1) is 0 Å². The Hall–Kier alpha value is -1.65. The summed E-state index contributed by atoms with van der Waals surface area (Å²) in [4.78, 5) is 6.99. The fraction of sp³-hybridized carbons (Fsp3) is 0.133. The van der Waals surface area contributed by atoms with Gasteiger partial charge in [0.25, 0.3) is 0 Å². The first-order chi connectivity index (χ1) is 9.66. The number of halogens is 1. The molecule has 0 aliphatic carbocycles. The Labute approximate surface area is 125 Å². The van der Waals surface area contributed by atoms with Gasteiger partial charge in [0.2, 0.25) is 0 Å². The maximum Gasteiger partial charge on any atom is 0.140 e. The van der Waals surface area contributed by atoms with E-state index < -0.39 is 10.8 Å². The van der Waals surface area contributed by atoms with Crippen LogP contribution in [0.4, 0.5) is 5.69 Å². The van der Waals surface area contributed by atoms with E-state index >= 15 is 0 Å². The Balaban J connectivity index is 2.03. The van der Waals surface area contributed by atoms with Crippen molar-refractivity contribution in [2.24, 2.45) is 0 Å². The minimum atomic E-state index is -1.08. The molecule has 102 valence electrons. The predicted molar refractivity (Wildman–Crippen MR) is 82.8 cm³/mol. The molecule has 5 heteroatoms. The first-order valence-corrected chi connectivity index (χ1v) is 7.79. The van der Waals surface area contributed by atoms with Gasteiger partial charge in [0, 0.05) is 39.8 Å². The van der Waals surface area contributed by atoms with Crippen molar-refractivity contribution in [3.8, 4) is 0 Å². The molecule has 20 heavy (non-hydrogen) atoms. The zero-order valence-electron chi connectivity index (χ0n) is 10.9. The summed E-state index contributed by atoms with van der Waals surface area (Å²) in [7, 11) is -1.08. The van der Waals surface area contributed by atoms with Gasteiger partial charge in [-0.05, 0) is 37.3 Å². The van der Waals surface area contributed by atoms with E-state index in [9.17, 15) is 4.21 Å². The number of benzene rings is 1. The van der Waals surface area contributed by atoms with Crippen molar-refractivity contribution >= 4 is 28.1 Å². The number of anilines is 1. The Bertz CT molecular complexity index is 670. The number of allylic oxidation sites excluding steroid dienone is 1. The number of nitrogens with zero attached hydrogens (tertiary/aromatic N) is 2. The highest BCUT2D eigenvalue weighted by atomic mass is 35.5. The number of rotatable bonds is 2. The van der Waals surface area contributed by atoms with Crippen LogP contribution < -0.4 is 4.90 Å². The van der Waals surface area contributed by atoms with Gasteiger partial charge >= 0.3 is 0 Å². The summed E-state index contributed by atoms with van der Waals surface area (Å²) in [5.74, 6) is 0. The molecule has 3 nitrogen and oxygen atoms in total.